The fourth-order valence-electron chi connectivity index (χ4n) is 1.54. The molecule has 0 aliphatic heterocycles. The normalized spacial score (nSPS) is 10.1. The largest absolute Gasteiger partial charge is 0.381 e. The monoisotopic (exact) mass is 245 g/mol. The number of halogens is 1. The number of hydrogen-bond acceptors (Lipinski definition) is 3. The van der Waals surface area contributed by atoms with Crippen molar-refractivity contribution in [2.45, 2.75) is 6.92 Å². The standard InChI is InChI=1S/C13H12FN3O/c1-8-4-2-3-5-10(8)17-13(18)9-6-7-16-12(15)11(9)14/h2-7H,1H3,(H2,15,16)(H,17,18). The summed E-state index contributed by atoms with van der Waals surface area (Å²) < 4.78 is 13.6. The van der Waals surface area contributed by atoms with E-state index in [2.05, 4.69) is 10.3 Å². The van der Waals surface area contributed by atoms with Crippen LogP contribution in [0.25, 0.3) is 0 Å². The number of nitrogens with one attached hydrogen (secondary N) is 1. The first kappa shape index (κ1) is 12.0. The van der Waals surface area contributed by atoms with Crippen LogP contribution in [-0.4, -0.2) is 10.9 Å². The molecular weight excluding hydrogens is 233 g/mol. The average Bonchev–Trinajstić information content (AvgIpc) is 2.35. The second-order valence-electron chi connectivity index (χ2n) is 3.83. The van der Waals surface area contributed by atoms with Crippen LogP contribution in [0.4, 0.5) is 15.9 Å². The average molecular weight is 245 g/mol. The van der Waals surface area contributed by atoms with Crippen LogP contribution < -0.4 is 11.1 Å². The van der Waals surface area contributed by atoms with Crippen molar-refractivity contribution in [3.63, 3.8) is 0 Å². The van der Waals surface area contributed by atoms with Gasteiger partial charge in [-0.2, -0.15) is 0 Å². The van der Waals surface area contributed by atoms with Crippen molar-refractivity contribution in [2.24, 2.45) is 0 Å². The van der Waals surface area contributed by atoms with Crippen LogP contribution in [0.3, 0.4) is 0 Å². The zero-order valence-electron chi connectivity index (χ0n) is 9.77. The summed E-state index contributed by atoms with van der Waals surface area (Å²) in [6.45, 7) is 1.85. The Bertz CT molecular complexity index is 599. The van der Waals surface area contributed by atoms with Crippen LogP contribution in [0.15, 0.2) is 36.5 Å². The molecule has 18 heavy (non-hydrogen) atoms. The minimum atomic E-state index is -0.802. The van der Waals surface area contributed by atoms with E-state index < -0.39 is 11.7 Å². The molecule has 1 heterocycles. The Labute approximate surface area is 104 Å². The van der Waals surface area contributed by atoms with E-state index in [9.17, 15) is 9.18 Å². The number of nitrogen functional groups attached to an aromatic ring is 1. The van der Waals surface area contributed by atoms with Crippen LogP contribution in [-0.2, 0) is 0 Å². The summed E-state index contributed by atoms with van der Waals surface area (Å²) in [7, 11) is 0. The Kier molecular flexibility index (Phi) is 3.23. The third-order valence-corrected chi connectivity index (χ3v) is 2.55. The van der Waals surface area contributed by atoms with Crippen LogP contribution >= 0.6 is 0 Å². The maximum atomic E-state index is 13.6. The summed E-state index contributed by atoms with van der Waals surface area (Å²) in [5, 5.41) is 2.63. The van der Waals surface area contributed by atoms with Gasteiger partial charge < -0.3 is 11.1 Å². The molecule has 2 rings (SSSR count). The molecule has 1 aromatic carbocycles. The van der Waals surface area contributed by atoms with E-state index in [0.29, 0.717) is 5.69 Å². The maximum absolute atomic E-state index is 13.6. The van der Waals surface area contributed by atoms with Gasteiger partial charge in [-0.3, -0.25) is 4.79 Å². The summed E-state index contributed by atoms with van der Waals surface area (Å²) in [6.07, 6.45) is 1.30. The number of nitrogens with two attached hydrogens (primary N) is 1. The Morgan fingerprint density at radius 3 is 2.78 bits per heavy atom. The number of para-hydroxylation sites is 1. The first-order chi connectivity index (χ1) is 8.59. The smallest absolute Gasteiger partial charge is 0.258 e. The van der Waals surface area contributed by atoms with E-state index in [0.717, 1.165) is 5.56 Å². The van der Waals surface area contributed by atoms with Crippen molar-refractivity contribution < 1.29 is 9.18 Å². The van der Waals surface area contributed by atoms with E-state index in [4.69, 9.17) is 5.73 Å². The molecule has 92 valence electrons. The molecular formula is C13H12FN3O. The molecule has 0 aliphatic rings. The molecule has 0 fully saturated rings. The van der Waals surface area contributed by atoms with Crippen molar-refractivity contribution in [1.29, 1.82) is 0 Å². The van der Waals surface area contributed by atoms with Crippen molar-refractivity contribution in [3.05, 3.63) is 53.5 Å². The third-order valence-electron chi connectivity index (χ3n) is 2.55. The third kappa shape index (κ3) is 2.29. The molecule has 0 spiro atoms. The lowest BCUT2D eigenvalue weighted by atomic mass is 10.2. The zero-order valence-corrected chi connectivity index (χ0v) is 9.77. The highest BCUT2D eigenvalue weighted by atomic mass is 19.1. The zero-order chi connectivity index (χ0) is 13.1. The van der Waals surface area contributed by atoms with Gasteiger partial charge in [0.1, 0.15) is 0 Å². The lowest BCUT2D eigenvalue weighted by Crippen LogP contribution is -2.15. The van der Waals surface area contributed by atoms with Crippen molar-refractivity contribution >= 4 is 17.4 Å². The quantitative estimate of drug-likeness (QED) is 0.853. The highest BCUT2D eigenvalue weighted by Crippen LogP contribution is 2.17. The first-order valence-electron chi connectivity index (χ1n) is 5.36. The Morgan fingerprint density at radius 2 is 2.06 bits per heavy atom. The number of benzene rings is 1. The Hall–Kier alpha value is -2.43. The molecule has 0 unspecified atom stereocenters. The molecule has 1 aromatic heterocycles. The summed E-state index contributed by atoms with van der Waals surface area (Å²) in [4.78, 5) is 15.5. The molecule has 0 aliphatic carbocycles. The van der Waals surface area contributed by atoms with Gasteiger partial charge in [0, 0.05) is 11.9 Å². The minimum absolute atomic E-state index is 0.120. The predicted molar refractivity (Wildman–Crippen MR) is 67.7 cm³/mol. The summed E-state index contributed by atoms with van der Waals surface area (Å²) in [5.41, 5.74) is 6.73. The van der Waals surface area contributed by atoms with Gasteiger partial charge in [0.25, 0.3) is 5.91 Å². The summed E-state index contributed by atoms with van der Waals surface area (Å²) in [6, 6.07) is 8.54. The fraction of sp³-hybridized carbons (Fsp3) is 0.0769. The molecule has 3 N–H and O–H groups in total. The summed E-state index contributed by atoms with van der Waals surface area (Å²) >= 11 is 0. The van der Waals surface area contributed by atoms with Gasteiger partial charge in [-0.1, -0.05) is 18.2 Å². The Balaban J connectivity index is 2.28. The van der Waals surface area contributed by atoms with Gasteiger partial charge in [0.2, 0.25) is 0 Å². The summed E-state index contributed by atoms with van der Waals surface area (Å²) in [5.74, 6) is -1.63. The molecule has 1 amide bonds. The first-order valence-corrected chi connectivity index (χ1v) is 5.36. The molecule has 4 nitrogen and oxygen atoms in total. The van der Waals surface area contributed by atoms with Gasteiger partial charge in [-0.25, -0.2) is 9.37 Å². The number of hydrogen-bond donors (Lipinski definition) is 2. The molecule has 0 atom stereocenters. The number of carbonyl (C=O) groups excluding carboxylic acids is 1. The molecule has 2 aromatic rings. The highest BCUT2D eigenvalue weighted by molar-refractivity contribution is 6.05. The predicted octanol–water partition coefficient (Wildman–Crippen LogP) is 2.36. The van der Waals surface area contributed by atoms with Crippen molar-refractivity contribution in [2.75, 3.05) is 11.1 Å². The number of aryl methyl sites for hydroxylation is 1. The van der Waals surface area contributed by atoms with Gasteiger partial charge >= 0.3 is 0 Å². The van der Waals surface area contributed by atoms with Crippen LogP contribution in [0.2, 0.25) is 0 Å². The second-order valence-corrected chi connectivity index (χ2v) is 3.83. The minimum Gasteiger partial charge on any atom is -0.381 e. The van der Waals surface area contributed by atoms with E-state index in [1.807, 2.05) is 19.1 Å². The topological polar surface area (TPSA) is 68.0 Å². The Morgan fingerprint density at radius 1 is 1.33 bits per heavy atom. The van der Waals surface area contributed by atoms with Crippen LogP contribution in [0.5, 0.6) is 0 Å². The van der Waals surface area contributed by atoms with Crippen molar-refractivity contribution in [3.8, 4) is 0 Å². The number of rotatable bonds is 2. The lowest BCUT2D eigenvalue weighted by molar-refractivity contribution is 0.102. The van der Waals surface area contributed by atoms with Crippen LogP contribution in [0, 0.1) is 12.7 Å². The van der Waals surface area contributed by atoms with E-state index in [1.165, 1.54) is 12.3 Å². The van der Waals surface area contributed by atoms with Crippen LogP contribution in [0.1, 0.15) is 15.9 Å². The van der Waals surface area contributed by atoms with Crippen molar-refractivity contribution in [1.82, 2.24) is 4.98 Å². The molecule has 5 heteroatoms. The lowest BCUT2D eigenvalue weighted by Gasteiger charge is -2.09. The highest BCUT2D eigenvalue weighted by Gasteiger charge is 2.15. The molecule has 0 radical (unpaired) electrons. The number of aromatic nitrogens is 1. The van der Waals surface area contributed by atoms with Gasteiger partial charge in [-0.05, 0) is 24.6 Å². The molecule has 0 saturated carbocycles. The maximum Gasteiger partial charge on any atom is 0.258 e. The molecule has 0 saturated heterocycles. The van der Waals surface area contributed by atoms with Gasteiger partial charge in [-0.15, -0.1) is 0 Å². The fourth-order valence-corrected chi connectivity index (χ4v) is 1.54. The second kappa shape index (κ2) is 4.83. The molecule has 0 bridgehead atoms. The van der Waals surface area contributed by atoms with E-state index >= 15 is 0 Å². The number of carbonyl (C=O) groups is 1. The van der Waals surface area contributed by atoms with Gasteiger partial charge in [0.15, 0.2) is 11.6 Å². The number of pyridine rings is 1. The SMILES string of the molecule is Cc1ccccc1NC(=O)c1ccnc(N)c1F. The van der Waals surface area contributed by atoms with E-state index in [1.54, 1.807) is 12.1 Å². The number of amides is 1. The van der Waals surface area contributed by atoms with Gasteiger partial charge in [0.05, 0.1) is 5.56 Å². The van der Waals surface area contributed by atoms with E-state index in [-0.39, 0.29) is 11.4 Å². The number of nitrogens with zero attached hydrogens (tertiary/aromatic N) is 1. The number of anilines is 2.